The Labute approximate surface area is 145 Å². The maximum absolute atomic E-state index is 11.1. The number of unbranched alkanes of at least 4 members (excludes halogenated alkanes) is 7. The Morgan fingerprint density at radius 1 is 0.950 bits per heavy atom. The quantitative estimate of drug-likeness (QED) is 0.300. The predicted octanol–water partition coefficient (Wildman–Crippen LogP) is 0.593. The van der Waals surface area contributed by atoms with E-state index in [2.05, 4.69) is 6.92 Å². The summed E-state index contributed by atoms with van der Waals surface area (Å²) in [6.07, 6.45) is 8.94. The van der Waals surface area contributed by atoms with Crippen molar-refractivity contribution in [3.8, 4) is 0 Å². The monoisotopic (exact) mass is 312 g/mol. The van der Waals surface area contributed by atoms with Crippen LogP contribution in [0.1, 0.15) is 78.1 Å². The fraction of sp³-hybridized carbons (Fsp3) is 0.929. The normalized spacial score (nSPS) is 13.3. The third-order valence-corrected chi connectivity index (χ3v) is 5.18. The molecule has 6 heteroatoms. The summed E-state index contributed by atoms with van der Waals surface area (Å²) in [6.45, 7) is 3.76. The van der Waals surface area contributed by atoms with E-state index >= 15 is 0 Å². The maximum Gasteiger partial charge on any atom is 1.00 e. The Hall–Kier alpha value is 0.370. The van der Waals surface area contributed by atoms with Crippen LogP contribution in [-0.2, 0) is 13.9 Å². The molecule has 0 rings (SSSR count). The van der Waals surface area contributed by atoms with Crippen molar-refractivity contribution in [2.75, 3.05) is 0 Å². The Morgan fingerprint density at radius 2 is 1.40 bits per heavy atom. The zero-order valence-electron chi connectivity index (χ0n) is 13.2. The Bertz CT molecular complexity index is 323. The molecule has 0 saturated heterocycles. The van der Waals surface area contributed by atoms with Crippen LogP contribution in [0, 0.1) is 0 Å². The van der Waals surface area contributed by atoms with Gasteiger partial charge >= 0.3 is 37.2 Å². The summed E-state index contributed by atoms with van der Waals surface area (Å²) < 4.78 is 22.3. The molecule has 4 nitrogen and oxygen atoms in total. The molecule has 0 aromatic heterocycles. The fourth-order valence-corrected chi connectivity index (χ4v) is 3.02. The standard InChI is InChI=1S/C14H27O4P.Na/c1-3-5-6-7-8-9-10-11-12-14(4-2,13(15)16)19(17)18;/h3-12H2,1-2H3,(H,15,16);/q;+1/p-1. The topological polar surface area (TPSA) is 74.3 Å². The summed E-state index contributed by atoms with van der Waals surface area (Å²) in [7, 11) is -2.98. The molecule has 0 amide bonds. The molecular weight excluding hydrogens is 286 g/mol. The molecular formula is C14H26NaO4P. The van der Waals surface area contributed by atoms with Gasteiger partial charge in [-0.3, -0.25) is 0 Å². The van der Waals surface area contributed by atoms with Gasteiger partial charge in [-0.1, -0.05) is 65.2 Å². The predicted molar refractivity (Wildman–Crippen MR) is 73.5 cm³/mol. The van der Waals surface area contributed by atoms with Crippen LogP contribution in [0.3, 0.4) is 0 Å². The SMILES string of the molecule is CCCCCCCCCCC(CC)(C(=O)[O-])P(=O)=O.[Na+]. The number of aliphatic carboxylic acids is 1. The van der Waals surface area contributed by atoms with E-state index in [4.69, 9.17) is 0 Å². The number of carbonyl (C=O) groups excluding carboxylic acids is 1. The number of carboxylic acids is 1. The average Bonchev–Trinajstić information content (AvgIpc) is 2.36. The Morgan fingerprint density at radius 3 is 1.75 bits per heavy atom. The maximum atomic E-state index is 11.1. The van der Waals surface area contributed by atoms with Gasteiger partial charge in [0.1, 0.15) is 5.16 Å². The molecule has 1 atom stereocenters. The zero-order valence-corrected chi connectivity index (χ0v) is 16.0. The molecule has 0 bridgehead atoms. The molecule has 0 N–H and O–H groups in total. The van der Waals surface area contributed by atoms with Gasteiger partial charge in [0.25, 0.3) is 0 Å². The van der Waals surface area contributed by atoms with Gasteiger partial charge < -0.3 is 9.90 Å². The van der Waals surface area contributed by atoms with Gasteiger partial charge in [-0.05, 0) is 12.8 Å². The molecule has 0 aromatic carbocycles. The summed E-state index contributed by atoms with van der Waals surface area (Å²) in [5.74, 6) is -1.45. The molecule has 1 unspecified atom stereocenters. The molecule has 0 aliphatic carbocycles. The van der Waals surface area contributed by atoms with E-state index < -0.39 is 18.8 Å². The van der Waals surface area contributed by atoms with Crippen molar-refractivity contribution in [3.05, 3.63) is 0 Å². The van der Waals surface area contributed by atoms with Crippen LogP contribution in [0.25, 0.3) is 0 Å². The van der Waals surface area contributed by atoms with Crippen LogP contribution in [0.4, 0.5) is 0 Å². The third kappa shape index (κ3) is 7.97. The van der Waals surface area contributed by atoms with Crippen molar-refractivity contribution in [1.82, 2.24) is 0 Å². The van der Waals surface area contributed by atoms with Gasteiger partial charge in [0, 0.05) is 0 Å². The first-order valence-electron chi connectivity index (χ1n) is 7.37. The second kappa shape index (κ2) is 13.1. The number of carbonyl (C=O) groups is 1. The van der Waals surface area contributed by atoms with Gasteiger partial charge in [0.05, 0.1) is 5.97 Å². The average molecular weight is 312 g/mol. The first-order valence-corrected chi connectivity index (χ1v) is 8.55. The van der Waals surface area contributed by atoms with Crippen molar-refractivity contribution in [2.45, 2.75) is 83.2 Å². The van der Waals surface area contributed by atoms with Crippen molar-refractivity contribution < 1.29 is 48.6 Å². The molecule has 0 saturated carbocycles. The van der Waals surface area contributed by atoms with Crippen LogP contribution in [0.15, 0.2) is 0 Å². The molecule has 0 fully saturated rings. The second-order valence-corrected chi connectivity index (χ2v) is 6.52. The molecule has 0 aliphatic heterocycles. The van der Waals surface area contributed by atoms with Gasteiger partial charge in [-0.25, -0.2) is 9.13 Å². The van der Waals surface area contributed by atoms with E-state index in [1.54, 1.807) is 6.92 Å². The molecule has 0 heterocycles. The summed E-state index contributed by atoms with van der Waals surface area (Å²) in [5.41, 5.74) is 0. The van der Waals surface area contributed by atoms with Crippen LogP contribution < -0.4 is 34.7 Å². The van der Waals surface area contributed by atoms with Gasteiger partial charge in [-0.2, -0.15) is 0 Å². The molecule has 0 aliphatic rings. The fourth-order valence-electron chi connectivity index (χ4n) is 2.27. The second-order valence-electron chi connectivity index (χ2n) is 5.15. The third-order valence-electron chi connectivity index (χ3n) is 3.76. The van der Waals surface area contributed by atoms with E-state index in [0.29, 0.717) is 6.42 Å². The summed E-state index contributed by atoms with van der Waals surface area (Å²) in [5, 5.41) is 9.38. The van der Waals surface area contributed by atoms with Crippen molar-refractivity contribution >= 4 is 13.6 Å². The number of hydrogen-bond donors (Lipinski definition) is 0. The summed E-state index contributed by atoms with van der Waals surface area (Å²) in [6, 6.07) is 0. The van der Waals surface area contributed by atoms with Crippen LogP contribution >= 0.6 is 7.68 Å². The number of rotatable bonds is 12. The molecule has 112 valence electrons. The largest absolute Gasteiger partial charge is 1.00 e. The van der Waals surface area contributed by atoms with Crippen molar-refractivity contribution in [3.63, 3.8) is 0 Å². The van der Waals surface area contributed by atoms with Crippen LogP contribution in [0.5, 0.6) is 0 Å². The van der Waals surface area contributed by atoms with Crippen molar-refractivity contribution in [2.24, 2.45) is 0 Å². The van der Waals surface area contributed by atoms with Crippen LogP contribution in [0.2, 0.25) is 0 Å². The van der Waals surface area contributed by atoms with E-state index in [0.717, 1.165) is 19.3 Å². The summed E-state index contributed by atoms with van der Waals surface area (Å²) in [4.78, 5) is 11.0. The smallest absolute Gasteiger partial charge is 0.549 e. The van der Waals surface area contributed by atoms with Gasteiger partial charge in [-0.15, -0.1) is 0 Å². The van der Waals surface area contributed by atoms with Gasteiger partial charge in [0.15, 0.2) is 0 Å². The van der Waals surface area contributed by atoms with E-state index in [-0.39, 0.29) is 42.4 Å². The van der Waals surface area contributed by atoms with E-state index in [1.807, 2.05) is 0 Å². The van der Waals surface area contributed by atoms with Gasteiger partial charge in [0.2, 0.25) is 0 Å². The molecule has 0 radical (unpaired) electrons. The van der Waals surface area contributed by atoms with E-state index in [9.17, 15) is 19.0 Å². The minimum Gasteiger partial charge on any atom is -0.549 e. The minimum atomic E-state index is -2.98. The Balaban J connectivity index is 0. The zero-order chi connectivity index (χ0) is 14.7. The minimum absolute atomic E-state index is 0. The summed E-state index contributed by atoms with van der Waals surface area (Å²) >= 11 is 0. The van der Waals surface area contributed by atoms with Crippen LogP contribution in [-0.4, -0.2) is 11.1 Å². The first kappa shape index (κ1) is 22.6. The number of carboxylic acid groups (broad SMARTS) is 1. The molecule has 0 aromatic rings. The van der Waals surface area contributed by atoms with Crippen molar-refractivity contribution in [1.29, 1.82) is 0 Å². The number of hydrogen-bond acceptors (Lipinski definition) is 4. The Kier molecular flexibility index (Phi) is 14.8. The molecule has 0 spiro atoms. The first-order chi connectivity index (χ1) is 9.01. The van der Waals surface area contributed by atoms with E-state index in [1.165, 1.54) is 25.7 Å². The molecule has 20 heavy (non-hydrogen) atoms.